The highest BCUT2D eigenvalue weighted by atomic mass is 32.2. The van der Waals surface area contributed by atoms with Gasteiger partial charge in [-0.25, -0.2) is 0 Å². The number of carbonyl (C=O) groups excluding carboxylic acids is 1. The van der Waals surface area contributed by atoms with E-state index in [-0.39, 0.29) is 11.8 Å². The minimum Gasteiger partial charge on any atom is -0.325 e. The van der Waals surface area contributed by atoms with E-state index >= 15 is 0 Å². The number of aryl methyl sites for hydroxylation is 1. The van der Waals surface area contributed by atoms with Crippen LogP contribution in [0.2, 0.25) is 0 Å². The number of hydrogen-bond acceptors (Lipinski definition) is 3. The lowest BCUT2D eigenvalue weighted by Crippen LogP contribution is -2.30. The fourth-order valence-electron chi connectivity index (χ4n) is 3.19. The quantitative estimate of drug-likeness (QED) is 0.908. The summed E-state index contributed by atoms with van der Waals surface area (Å²) in [4.78, 5) is 17.1. The largest absolute Gasteiger partial charge is 0.325 e. The van der Waals surface area contributed by atoms with Crippen molar-refractivity contribution in [2.24, 2.45) is 16.8 Å². The van der Waals surface area contributed by atoms with Gasteiger partial charge in [0.15, 0.2) is 0 Å². The molecule has 0 aromatic heterocycles. The summed E-state index contributed by atoms with van der Waals surface area (Å²) in [5.74, 6) is 0.319. The summed E-state index contributed by atoms with van der Waals surface area (Å²) < 4.78 is 0. The highest BCUT2D eigenvalue weighted by molar-refractivity contribution is 8.13. The number of benzene rings is 1. The van der Waals surface area contributed by atoms with Crippen LogP contribution in [0.5, 0.6) is 0 Å². The van der Waals surface area contributed by atoms with E-state index in [1.165, 1.54) is 17.5 Å². The number of nitrogens with one attached hydrogen (secondary N) is 1. The first kappa shape index (κ1) is 13.7. The number of carbonyl (C=O) groups is 1. The average molecular weight is 288 g/mol. The Morgan fingerprint density at radius 2 is 2.25 bits per heavy atom. The molecule has 0 radical (unpaired) electrons. The van der Waals surface area contributed by atoms with E-state index in [4.69, 9.17) is 0 Å². The van der Waals surface area contributed by atoms with Crippen LogP contribution in [0.1, 0.15) is 24.5 Å². The minimum atomic E-state index is -0.0812. The summed E-state index contributed by atoms with van der Waals surface area (Å²) in [6.07, 6.45) is 5.41. The lowest BCUT2D eigenvalue weighted by molar-refractivity contribution is -0.118. The lowest BCUT2D eigenvalue weighted by Gasteiger charge is -2.18. The Kier molecular flexibility index (Phi) is 3.83. The molecule has 1 amide bonds. The Hall–Kier alpha value is -1.29. The second-order valence-electron chi connectivity index (χ2n) is 5.62. The fourth-order valence-corrected chi connectivity index (χ4v) is 3.99. The molecular formula is C16H20N2OS. The van der Waals surface area contributed by atoms with Crippen molar-refractivity contribution in [2.45, 2.75) is 26.2 Å². The van der Waals surface area contributed by atoms with Crippen LogP contribution < -0.4 is 5.32 Å². The zero-order valence-electron chi connectivity index (χ0n) is 12.0. The molecule has 3 nitrogen and oxygen atoms in total. The Morgan fingerprint density at radius 3 is 3.05 bits per heavy atom. The van der Waals surface area contributed by atoms with E-state index in [1.54, 1.807) is 11.8 Å². The number of hydrogen-bond donors (Lipinski definition) is 1. The number of rotatable bonds is 2. The molecular weight excluding hydrogens is 268 g/mol. The Labute approximate surface area is 124 Å². The summed E-state index contributed by atoms with van der Waals surface area (Å²) in [6, 6.07) is 6.24. The fraction of sp³-hybridized carbons (Fsp3) is 0.500. The van der Waals surface area contributed by atoms with E-state index in [0.717, 1.165) is 30.1 Å². The Balaban J connectivity index is 1.80. The van der Waals surface area contributed by atoms with Crippen LogP contribution in [-0.4, -0.2) is 23.8 Å². The van der Waals surface area contributed by atoms with Crippen LogP contribution in [0.4, 0.5) is 5.69 Å². The van der Waals surface area contributed by atoms with Crippen molar-refractivity contribution in [3.05, 3.63) is 29.3 Å². The molecule has 0 saturated carbocycles. The molecule has 1 aliphatic carbocycles. The van der Waals surface area contributed by atoms with Crippen molar-refractivity contribution in [2.75, 3.05) is 18.1 Å². The van der Waals surface area contributed by atoms with Crippen LogP contribution in [0, 0.1) is 11.8 Å². The predicted molar refractivity (Wildman–Crippen MR) is 85.6 cm³/mol. The maximum absolute atomic E-state index is 12.6. The molecule has 3 rings (SSSR count). The van der Waals surface area contributed by atoms with Gasteiger partial charge in [0.25, 0.3) is 0 Å². The molecule has 0 bridgehead atoms. The number of thioether (sulfide) groups is 1. The second kappa shape index (κ2) is 5.60. The van der Waals surface area contributed by atoms with Gasteiger partial charge in [-0.2, -0.15) is 0 Å². The van der Waals surface area contributed by atoms with Gasteiger partial charge in [-0.05, 0) is 48.6 Å². The molecule has 2 aliphatic rings. The number of fused-ring (bicyclic) bond motifs is 1. The van der Waals surface area contributed by atoms with Gasteiger partial charge < -0.3 is 5.32 Å². The number of anilines is 1. The average Bonchev–Trinajstić information content (AvgIpc) is 3.05. The third-order valence-electron chi connectivity index (χ3n) is 4.27. The van der Waals surface area contributed by atoms with Gasteiger partial charge in [0.2, 0.25) is 5.91 Å². The maximum atomic E-state index is 12.6. The third-order valence-corrected chi connectivity index (χ3v) is 5.07. The second-order valence-corrected chi connectivity index (χ2v) is 6.45. The molecule has 2 unspecified atom stereocenters. The smallest absolute Gasteiger partial charge is 0.234 e. The highest BCUT2D eigenvalue weighted by Gasteiger charge is 2.34. The van der Waals surface area contributed by atoms with E-state index in [0.29, 0.717) is 5.92 Å². The minimum absolute atomic E-state index is 0.0812. The first-order valence-electron chi connectivity index (χ1n) is 7.20. The topological polar surface area (TPSA) is 41.5 Å². The zero-order valence-corrected chi connectivity index (χ0v) is 12.8. The van der Waals surface area contributed by atoms with Crippen LogP contribution in [0.15, 0.2) is 23.2 Å². The lowest BCUT2D eigenvalue weighted by atomic mass is 9.96. The van der Waals surface area contributed by atoms with Gasteiger partial charge in [0.1, 0.15) is 0 Å². The van der Waals surface area contributed by atoms with Crippen LogP contribution in [-0.2, 0) is 17.6 Å². The molecule has 0 saturated heterocycles. The SMILES string of the molecule is CSC1=NCC(C)C1C(=O)Nc1cccc2c1CCC2. The summed E-state index contributed by atoms with van der Waals surface area (Å²) in [5, 5.41) is 4.12. The van der Waals surface area contributed by atoms with Gasteiger partial charge in [-0.15, -0.1) is 11.8 Å². The summed E-state index contributed by atoms with van der Waals surface area (Å²) in [5.41, 5.74) is 3.72. The first-order chi connectivity index (χ1) is 9.70. The zero-order chi connectivity index (χ0) is 14.1. The van der Waals surface area contributed by atoms with Crippen molar-refractivity contribution < 1.29 is 4.79 Å². The molecule has 0 spiro atoms. The van der Waals surface area contributed by atoms with Gasteiger partial charge >= 0.3 is 0 Å². The molecule has 2 atom stereocenters. The molecule has 0 fully saturated rings. The van der Waals surface area contributed by atoms with Gasteiger partial charge in [0, 0.05) is 12.2 Å². The van der Waals surface area contributed by atoms with E-state index < -0.39 is 0 Å². The first-order valence-corrected chi connectivity index (χ1v) is 8.43. The van der Waals surface area contributed by atoms with Gasteiger partial charge in [-0.1, -0.05) is 19.1 Å². The normalized spacial score (nSPS) is 24.4. The predicted octanol–water partition coefficient (Wildman–Crippen LogP) is 3.14. The summed E-state index contributed by atoms with van der Waals surface area (Å²) >= 11 is 1.60. The molecule has 106 valence electrons. The number of nitrogens with zero attached hydrogens (tertiary/aromatic N) is 1. The molecule has 1 aromatic carbocycles. The number of amides is 1. The standard InChI is InChI=1S/C16H20N2OS/c1-10-9-17-16(20-2)14(10)15(19)18-13-8-4-6-11-5-3-7-12(11)13/h4,6,8,10,14H,3,5,7,9H2,1-2H3,(H,18,19). The van der Waals surface area contributed by atoms with E-state index in [9.17, 15) is 4.79 Å². The molecule has 1 aliphatic heterocycles. The van der Waals surface area contributed by atoms with Gasteiger partial charge in [-0.3, -0.25) is 9.79 Å². The Morgan fingerprint density at radius 1 is 1.40 bits per heavy atom. The monoisotopic (exact) mass is 288 g/mol. The molecule has 4 heteroatoms. The molecule has 1 heterocycles. The van der Waals surface area contributed by atoms with Crippen molar-refractivity contribution in [1.82, 2.24) is 0 Å². The summed E-state index contributed by atoms with van der Waals surface area (Å²) in [7, 11) is 0. The highest BCUT2D eigenvalue weighted by Crippen LogP contribution is 2.31. The third kappa shape index (κ3) is 2.37. The van der Waals surface area contributed by atoms with Crippen molar-refractivity contribution >= 4 is 28.4 Å². The van der Waals surface area contributed by atoms with E-state index in [1.807, 2.05) is 18.4 Å². The Bertz CT molecular complexity index is 568. The summed E-state index contributed by atoms with van der Waals surface area (Å²) in [6.45, 7) is 2.87. The molecule has 20 heavy (non-hydrogen) atoms. The van der Waals surface area contributed by atoms with Crippen LogP contribution >= 0.6 is 11.8 Å². The van der Waals surface area contributed by atoms with Crippen molar-refractivity contribution in [1.29, 1.82) is 0 Å². The maximum Gasteiger partial charge on any atom is 0.234 e. The van der Waals surface area contributed by atoms with E-state index in [2.05, 4.69) is 23.3 Å². The van der Waals surface area contributed by atoms with Crippen molar-refractivity contribution in [3.8, 4) is 0 Å². The molecule has 1 aromatic rings. The molecule has 1 N–H and O–H groups in total. The van der Waals surface area contributed by atoms with Crippen LogP contribution in [0.25, 0.3) is 0 Å². The van der Waals surface area contributed by atoms with Crippen molar-refractivity contribution in [3.63, 3.8) is 0 Å². The van der Waals surface area contributed by atoms with Crippen LogP contribution in [0.3, 0.4) is 0 Å². The van der Waals surface area contributed by atoms with Gasteiger partial charge in [0.05, 0.1) is 11.0 Å². The number of aliphatic imine (C=N–C) groups is 1.